The number of carboxylic acid groups (broad SMARTS) is 1. The molecule has 0 saturated carbocycles. The molecule has 0 aliphatic heterocycles. The summed E-state index contributed by atoms with van der Waals surface area (Å²) in [5.41, 5.74) is -0.311. The normalized spacial score (nSPS) is 12.6. The van der Waals surface area contributed by atoms with Gasteiger partial charge in [-0.05, 0) is 18.3 Å². The average Bonchev–Trinajstić information content (AvgIpc) is 2.14. The van der Waals surface area contributed by atoms with Crippen LogP contribution in [0.4, 0.5) is 0 Å². The first-order chi connectivity index (χ1) is 7.68. The fraction of sp³-hybridized carbons (Fsp3) is 0.900. The summed E-state index contributed by atoms with van der Waals surface area (Å²) in [6, 6.07) is 0. The number of aliphatic carboxylic acids is 1. The van der Waals surface area contributed by atoms with Gasteiger partial charge in [0.1, 0.15) is 0 Å². The van der Waals surface area contributed by atoms with Crippen molar-refractivity contribution < 1.29 is 23.4 Å². The number of nitrogens with one attached hydrogen (secondary N) is 1. The number of aliphatic hydroxyl groups is 1. The first kappa shape index (κ1) is 16.3. The molecular weight excluding hydrogens is 246 g/mol. The lowest BCUT2D eigenvalue weighted by Gasteiger charge is -2.23. The highest BCUT2D eigenvalue weighted by Crippen LogP contribution is 2.18. The van der Waals surface area contributed by atoms with Gasteiger partial charge in [-0.25, -0.2) is 13.1 Å². The van der Waals surface area contributed by atoms with Crippen molar-refractivity contribution in [1.82, 2.24) is 4.72 Å². The van der Waals surface area contributed by atoms with Gasteiger partial charge in [0.2, 0.25) is 10.0 Å². The van der Waals surface area contributed by atoms with Crippen LogP contribution < -0.4 is 4.72 Å². The SMILES string of the molecule is CC(C)(CCO)CNS(=O)(=O)CCCC(=O)O. The van der Waals surface area contributed by atoms with Gasteiger partial charge in [0.25, 0.3) is 0 Å². The molecule has 0 aliphatic carbocycles. The maximum Gasteiger partial charge on any atom is 0.303 e. The third-order valence-electron chi connectivity index (χ3n) is 2.36. The summed E-state index contributed by atoms with van der Waals surface area (Å²) in [5, 5.41) is 17.2. The number of sulfonamides is 1. The molecule has 0 rings (SSSR count). The van der Waals surface area contributed by atoms with Crippen molar-refractivity contribution in [2.24, 2.45) is 5.41 Å². The van der Waals surface area contributed by atoms with Gasteiger partial charge < -0.3 is 10.2 Å². The molecule has 0 radical (unpaired) electrons. The van der Waals surface area contributed by atoms with E-state index in [0.717, 1.165) is 0 Å². The quantitative estimate of drug-likeness (QED) is 0.553. The molecule has 0 atom stereocenters. The summed E-state index contributed by atoms with van der Waals surface area (Å²) in [7, 11) is -3.42. The van der Waals surface area contributed by atoms with E-state index in [9.17, 15) is 13.2 Å². The Hall–Kier alpha value is -0.660. The lowest BCUT2D eigenvalue weighted by Crippen LogP contribution is -2.36. The van der Waals surface area contributed by atoms with Crippen molar-refractivity contribution in [2.75, 3.05) is 18.9 Å². The van der Waals surface area contributed by atoms with Gasteiger partial charge in [0, 0.05) is 19.6 Å². The Morgan fingerprint density at radius 2 is 1.94 bits per heavy atom. The van der Waals surface area contributed by atoms with E-state index in [0.29, 0.717) is 6.42 Å². The van der Waals surface area contributed by atoms with Crippen LogP contribution in [0.15, 0.2) is 0 Å². The van der Waals surface area contributed by atoms with Crippen molar-refractivity contribution >= 4 is 16.0 Å². The summed E-state index contributed by atoms with van der Waals surface area (Å²) in [6.07, 6.45) is 0.455. The Balaban J connectivity index is 4.05. The minimum atomic E-state index is -3.42. The molecule has 0 spiro atoms. The van der Waals surface area contributed by atoms with Gasteiger partial charge in [0.05, 0.1) is 5.75 Å². The monoisotopic (exact) mass is 267 g/mol. The molecule has 0 aromatic carbocycles. The zero-order chi connectivity index (χ0) is 13.5. The van der Waals surface area contributed by atoms with Gasteiger partial charge in [0.15, 0.2) is 0 Å². The van der Waals surface area contributed by atoms with Crippen LogP contribution in [0.1, 0.15) is 33.1 Å². The lowest BCUT2D eigenvalue weighted by atomic mass is 9.90. The van der Waals surface area contributed by atoms with Gasteiger partial charge in [-0.2, -0.15) is 0 Å². The van der Waals surface area contributed by atoms with Crippen LogP contribution >= 0.6 is 0 Å². The number of hydrogen-bond acceptors (Lipinski definition) is 4. The standard InChI is InChI=1S/C10H21NO5S/c1-10(2,5-6-12)8-11-17(15,16)7-3-4-9(13)14/h11-12H,3-8H2,1-2H3,(H,13,14). The van der Waals surface area contributed by atoms with Crippen molar-refractivity contribution in [3.63, 3.8) is 0 Å². The topological polar surface area (TPSA) is 104 Å². The molecule has 0 saturated heterocycles. The fourth-order valence-corrected chi connectivity index (χ4v) is 2.46. The van der Waals surface area contributed by atoms with Gasteiger partial charge in [-0.3, -0.25) is 4.79 Å². The molecule has 0 heterocycles. The van der Waals surface area contributed by atoms with E-state index in [2.05, 4.69) is 4.72 Å². The maximum absolute atomic E-state index is 11.5. The second kappa shape index (κ2) is 6.93. The Labute approximate surface area is 102 Å². The van der Waals surface area contributed by atoms with Gasteiger partial charge in [-0.1, -0.05) is 13.8 Å². The molecule has 0 aliphatic rings. The van der Waals surface area contributed by atoms with Crippen molar-refractivity contribution in [1.29, 1.82) is 0 Å². The second-order valence-electron chi connectivity index (χ2n) is 4.78. The van der Waals surface area contributed by atoms with Crippen molar-refractivity contribution in [3.8, 4) is 0 Å². The average molecular weight is 267 g/mol. The number of rotatable bonds is 9. The highest BCUT2D eigenvalue weighted by molar-refractivity contribution is 7.89. The molecule has 6 nitrogen and oxygen atoms in total. The van der Waals surface area contributed by atoms with E-state index in [1.54, 1.807) is 0 Å². The smallest absolute Gasteiger partial charge is 0.303 e. The van der Waals surface area contributed by atoms with E-state index in [4.69, 9.17) is 10.2 Å². The van der Waals surface area contributed by atoms with Crippen molar-refractivity contribution in [3.05, 3.63) is 0 Å². The predicted molar refractivity (Wildman–Crippen MR) is 64.1 cm³/mol. The molecule has 17 heavy (non-hydrogen) atoms. The van der Waals surface area contributed by atoms with Crippen LogP contribution in [0.3, 0.4) is 0 Å². The largest absolute Gasteiger partial charge is 0.481 e. The zero-order valence-electron chi connectivity index (χ0n) is 10.3. The summed E-state index contributed by atoms with van der Waals surface area (Å²) in [6.45, 7) is 3.95. The van der Waals surface area contributed by atoms with Crippen LogP contribution in [-0.2, 0) is 14.8 Å². The molecular formula is C10H21NO5S. The molecule has 3 N–H and O–H groups in total. The van der Waals surface area contributed by atoms with Crippen molar-refractivity contribution in [2.45, 2.75) is 33.1 Å². The van der Waals surface area contributed by atoms with E-state index in [1.807, 2.05) is 13.8 Å². The number of carboxylic acids is 1. The molecule has 0 aromatic rings. The summed E-state index contributed by atoms with van der Waals surface area (Å²) >= 11 is 0. The van der Waals surface area contributed by atoms with Crippen LogP contribution in [-0.4, -0.2) is 43.5 Å². The summed E-state index contributed by atoms with van der Waals surface area (Å²) in [5.74, 6) is -1.19. The van der Waals surface area contributed by atoms with Gasteiger partial charge >= 0.3 is 5.97 Å². The fourth-order valence-electron chi connectivity index (χ4n) is 1.18. The number of aliphatic hydroxyl groups excluding tert-OH is 1. The first-order valence-electron chi connectivity index (χ1n) is 5.48. The third-order valence-corrected chi connectivity index (χ3v) is 3.77. The van der Waals surface area contributed by atoms with E-state index >= 15 is 0 Å². The zero-order valence-corrected chi connectivity index (χ0v) is 11.1. The Kier molecular flexibility index (Phi) is 6.66. The second-order valence-corrected chi connectivity index (χ2v) is 6.70. The minimum absolute atomic E-state index is 0.00768. The van der Waals surface area contributed by atoms with Crippen LogP contribution in [0.25, 0.3) is 0 Å². The third kappa shape index (κ3) is 9.08. The number of carbonyl (C=O) groups is 1. The predicted octanol–water partition coefficient (Wildman–Crippen LogP) is 0.179. The first-order valence-corrected chi connectivity index (χ1v) is 7.14. The molecule has 7 heteroatoms. The molecule has 0 amide bonds. The molecule has 0 fully saturated rings. The highest BCUT2D eigenvalue weighted by Gasteiger charge is 2.20. The Bertz CT molecular complexity index is 337. The van der Waals surface area contributed by atoms with E-state index < -0.39 is 16.0 Å². The van der Waals surface area contributed by atoms with E-state index in [1.165, 1.54) is 0 Å². The molecule has 0 bridgehead atoms. The molecule has 0 unspecified atom stereocenters. The Morgan fingerprint density at radius 3 is 2.41 bits per heavy atom. The number of hydrogen-bond donors (Lipinski definition) is 3. The summed E-state index contributed by atoms with van der Waals surface area (Å²) in [4.78, 5) is 10.2. The minimum Gasteiger partial charge on any atom is -0.481 e. The summed E-state index contributed by atoms with van der Waals surface area (Å²) < 4.78 is 25.4. The highest BCUT2D eigenvalue weighted by atomic mass is 32.2. The van der Waals surface area contributed by atoms with Crippen LogP contribution in [0.5, 0.6) is 0 Å². The molecule has 102 valence electrons. The molecule has 0 aromatic heterocycles. The van der Waals surface area contributed by atoms with Crippen LogP contribution in [0.2, 0.25) is 0 Å². The Morgan fingerprint density at radius 1 is 1.35 bits per heavy atom. The maximum atomic E-state index is 11.5. The lowest BCUT2D eigenvalue weighted by molar-refractivity contribution is -0.137. The van der Waals surface area contributed by atoms with Gasteiger partial charge in [-0.15, -0.1) is 0 Å². The van der Waals surface area contributed by atoms with E-state index in [-0.39, 0.29) is 37.2 Å². The van der Waals surface area contributed by atoms with Crippen LogP contribution in [0, 0.1) is 5.41 Å².